The summed E-state index contributed by atoms with van der Waals surface area (Å²) in [5, 5.41) is 0. The first-order valence-corrected chi connectivity index (χ1v) is 10.2. The molecule has 2 unspecified atom stereocenters. The summed E-state index contributed by atoms with van der Waals surface area (Å²) in [7, 11) is 0. The molecule has 0 aromatic heterocycles. The van der Waals surface area contributed by atoms with Gasteiger partial charge < -0.3 is 0 Å². The molecule has 0 radical (unpaired) electrons. The zero-order valence-electron chi connectivity index (χ0n) is 15.4. The summed E-state index contributed by atoms with van der Waals surface area (Å²) in [6.07, 6.45) is 13.6. The van der Waals surface area contributed by atoms with Crippen molar-refractivity contribution < 1.29 is 13.2 Å². The minimum Gasteiger partial charge on any atom is -0.204 e. The van der Waals surface area contributed by atoms with E-state index in [1.54, 1.807) is 0 Å². The summed E-state index contributed by atoms with van der Waals surface area (Å²) >= 11 is 0. The van der Waals surface area contributed by atoms with E-state index < -0.39 is 17.5 Å². The zero-order chi connectivity index (χ0) is 17.8. The van der Waals surface area contributed by atoms with Crippen LogP contribution in [0.2, 0.25) is 0 Å². The largest absolute Gasteiger partial charge is 0.204 e. The van der Waals surface area contributed by atoms with Crippen LogP contribution in [0.15, 0.2) is 12.1 Å². The second-order valence-corrected chi connectivity index (χ2v) is 8.57. The number of halogens is 3. The van der Waals surface area contributed by atoms with Crippen molar-refractivity contribution in [1.82, 2.24) is 0 Å². The topological polar surface area (TPSA) is 0 Å². The van der Waals surface area contributed by atoms with E-state index in [-0.39, 0.29) is 0 Å². The highest BCUT2D eigenvalue weighted by molar-refractivity contribution is 5.19. The summed E-state index contributed by atoms with van der Waals surface area (Å²) in [5.41, 5.74) is 0.582. The van der Waals surface area contributed by atoms with Gasteiger partial charge in [0.15, 0.2) is 17.5 Å². The highest BCUT2D eigenvalue weighted by Gasteiger charge is 2.28. The third kappa shape index (κ3) is 5.01. The summed E-state index contributed by atoms with van der Waals surface area (Å²) in [4.78, 5) is 0. The number of rotatable bonds is 4. The Morgan fingerprint density at radius 1 is 0.800 bits per heavy atom. The Morgan fingerprint density at radius 3 is 2.08 bits per heavy atom. The molecule has 1 aromatic rings. The van der Waals surface area contributed by atoms with Gasteiger partial charge in [-0.25, -0.2) is 13.2 Å². The van der Waals surface area contributed by atoms with E-state index in [1.165, 1.54) is 57.8 Å². The molecule has 0 aliphatic heterocycles. The fourth-order valence-corrected chi connectivity index (χ4v) is 5.05. The van der Waals surface area contributed by atoms with Gasteiger partial charge in [-0.15, -0.1) is 0 Å². The Kier molecular flexibility index (Phi) is 6.46. The van der Waals surface area contributed by atoms with Crippen molar-refractivity contribution in [2.45, 2.75) is 77.6 Å². The van der Waals surface area contributed by atoms with Crippen LogP contribution in [0.1, 0.15) is 76.7 Å². The van der Waals surface area contributed by atoms with Crippen LogP contribution in [0, 0.1) is 41.1 Å². The minimum absolute atomic E-state index is 0.582. The molecular weight excluding hydrogens is 321 g/mol. The normalized spacial score (nSPS) is 30.9. The molecule has 25 heavy (non-hydrogen) atoms. The summed E-state index contributed by atoms with van der Waals surface area (Å²) in [5.74, 6) is -0.129. The molecule has 3 heteroatoms. The average Bonchev–Trinajstić information content (AvgIpc) is 2.84. The van der Waals surface area contributed by atoms with Crippen LogP contribution in [0.5, 0.6) is 0 Å². The predicted octanol–water partition coefficient (Wildman–Crippen LogP) is 7.06. The quantitative estimate of drug-likeness (QED) is 0.402. The van der Waals surface area contributed by atoms with Crippen molar-refractivity contribution in [2.24, 2.45) is 23.7 Å². The third-order valence-electron chi connectivity index (χ3n) is 6.75. The second-order valence-electron chi connectivity index (χ2n) is 8.57. The average molecular weight is 352 g/mol. The van der Waals surface area contributed by atoms with Gasteiger partial charge in [0.25, 0.3) is 0 Å². The Labute approximate surface area is 150 Å². The molecule has 0 amide bonds. The molecule has 3 rings (SSSR count). The Bertz CT molecular complexity index is 537. The van der Waals surface area contributed by atoms with Gasteiger partial charge in [0.05, 0.1) is 0 Å². The molecule has 0 spiro atoms. The van der Waals surface area contributed by atoms with Gasteiger partial charge in [-0.1, -0.05) is 45.4 Å². The smallest absolute Gasteiger partial charge is 0.194 e. The lowest BCUT2D eigenvalue weighted by atomic mass is 9.74. The lowest BCUT2D eigenvalue weighted by Gasteiger charge is -2.32. The Morgan fingerprint density at radius 2 is 1.40 bits per heavy atom. The molecule has 2 aliphatic carbocycles. The van der Waals surface area contributed by atoms with Crippen molar-refractivity contribution in [3.05, 3.63) is 35.1 Å². The van der Waals surface area contributed by atoms with E-state index in [1.807, 2.05) is 0 Å². The molecule has 2 aliphatic rings. The maximum atomic E-state index is 13.3. The highest BCUT2D eigenvalue weighted by Crippen LogP contribution is 2.40. The van der Waals surface area contributed by atoms with Crippen LogP contribution in [0.3, 0.4) is 0 Å². The SMILES string of the molecule is CC1CCC(C2CCCC(CCc3cc(F)c(F)c(F)c3)CC2)CC1. The minimum atomic E-state index is -1.36. The van der Waals surface area contributed by atoms with Crippen molar-refractivity contribution in [1.29, 1.82) is 0 Å². The first-order valence-electron chi connectivity index (χ1n) is 10.2. The van der Waals surface area contributed by atoms with Crippen molar-refractivity contribution in [3.63, 3.8) is 0 Å². The summed E-state index contributed by atoms with van der Waals surface area (Å²) in [6, 6.07) is 2.31. The molecular formula is C22H31F3. The third-order valence-corrected chi connectivity index (χ3v) is 6.75. The van der Waals surface area contributed by atoms with E-state index in [2.05, 4.69) is 6.92 Å². The molecule has 2 atom stereocenters. The maximum absolute atomic E-state index is 13.3. The van der Waals surface area contributed by atoms with Crippen LogP contribution < -0.4 is 0 Å². The van der Waals surface area contributed by atoms with Gasteiger partial charge in [-0.05, 0) is 73.5 Å². The molecule has 0 saturated heterocycles. The molecule has 2 fully saturated rings. The van der Waals surface area contributed by atoms with Crippen molar-refractivity contribution in [2.75, 3.05) is 0 Å². The number of hydrogen-bond donors (Lipinski definition) is 0. The summed E-state index contributed by atoms with van der Waals surface area (Å²) < 4.78 is 39.7. The van der Waals surface area contributed by atoms with E-state index in [0.717, 1.165) is 36.3 Å². The van der Waals surface area contributed by atoms with Gasteiger partial charge in [-0.2, -0.15) is 0 Å². The standard InChI is InChI=1S/C22H31F3/c1-15-5-10-19(11-6-15)18-4-2-3-16(9-12-18)7-8-17-13-20(23)22(25)21(24)14-17/h13-16,18-19H,2-12H2,1H3. The molecule has 0 heterocycles. The Hall–Kier alpha value is -0.990. The fraction of sp³-hybridized carbons (Fsp3) is 0.727. The molecule has 140 valence electrons. The lowest BCUT2D eigenvalue weighted by Crippen LogP contribution is -2.20. The van der Waals surface area contributed by atoms with E-state index >= 15 is 0 Å². The first-order chi connectivity index (χ1) is 12.0. The second kappa shape index (κ2) is 8.60. The Balaban J connectivity index is 1.48. The van der Waals surface area contributed by atoms with Crippen LogP contribution in [0.25, 0.3) is 0 Å². The number of aryl methyl sites for hydroxylation is 1. The van der Waals surface area contributed by atoms with Gasteiger partial charge in [0.1, 0.15) is 0 Å². The molecule has 2 saturated carbocycles. The van der Waals surface area contributed by atoms with Crippen LogP contribution >= 0.6 is 0 Å². The monoisotopic (exact) mass is 352 g/mol. The van der Waals surface area contributed by atoms with Crippen LogP contribution in [0.4, 0.5) is 13.2 Å². The summed E-state index contributed by atoms with van der Waals surface area (Å²) in [6.45, 7) is 2.38. The maximum Gasteiger partial charge on any atom is 0.194 e. The highest BCUT2D eigenvalue weighted by atomic mass is 19.2. The van der Waals surface area contributed by atoms with Gasteiger partial charge in [0.2, 0.25) is 0 Å². The van der Waals surface area contributed by atoms with Crippen molar-refractivity contribution >= 4 is 0 Å². The molecule has 0 N–H and O–H groups in total. The van der Waals surface area contributed by atoms with Gasteiger partial charge in [-0.3, -0.25) is 0 Å². The first kappa shape index (κ1) is 18.8. The molecule has 1 aromatic carbocycles. The van der Waals surface area contributed by atoms with Crippen molar-refractivity contribution in [3.8, 4) is 0 Å². The lowest BCUT2D eigenvalue weighted by molar-refractivity contribution is 0.194. The van der Waals surface area contributed by atoms with Crippen LogP contribution in [-0.2, 0) is 6.42 Å². The zero-order valence-corrected chi connectivity index (χ0v) is 15.4. The molecule has 0 bridgehead atoms. The van der Waals surface area contributed by atoms with Crippen LogP contribution in [-0.4, -0.2) is 0 Å². The predicted molar refractivity (Wildman–Crippen MR) is 95.8 cm³/mol. The molecule has 0 nitrogen and oxygen atoms in total. The van der Waals surface area contributed by atoms with E-state index in [0.29, 0.717) is 17.9 Å². The van der Waals surface area contributed by atoms with Gasteiger partial charge in [0, 0.05) is 0 Å². The van der Waals surface area contributed by atoms with E-state index in [4.69, 9.17) is 0 Å². The van der Waals surface area contributed by atoms with E-state index in [9.17, 15) is 13.2 Å². The number of hydrogen-bond acceptors (Lipinski definition) is 0. The van der Waals surface area contributed by atoms with Gasteiger partial charge >= 0.3 is 0 Å². The fourth-order valence-electron chi connectivity index (χ4n) is 5.05. The number of benzene rings is 1.